The Balaban J connectivity index is 1.65. The van der Waals surface area contributed by atoms with Gasteiger partial charge in [0.2, 0.25) is 5.91 Å². The molecule has 0 saturated carbocycles. The van der Waals surface area contributed by atoms with Crippen LogP contribution in [0.1, 0.15) is 42.1 Å². The van der Waals surface area contributed by atoms with Gasteiger partial charge in [-0.1, -0.05) is 53.5 Å². The number of amides is 1. The lowest BCUT2D eigenvalue weighted by atomic mass is 9.99. The van der Waals surface area contributed by atoms with Gasteiger partial charge in [-0.3, -0.25) is 9.69 Å². The Morgan fingerprint density at radius 3 is 2.60 bits per heavy atom. The van der Waals surface area contributed by atoms with E-state index >= 15 is 0 Å². The standard InChI is InChI=1S/C20H22Cl2N2O/c1-13(23-14(2)25)16-5-3-15(4-6-16)11-24-10-9-18-17(12-24)7-8-19(21)20(18)22/h3-8,13H,9-12H2,1-2H3,(H,23,25)/t13-/m0/s1. The second-order valence-corrected chi connectivity index (χ2v) is 7.41. The van der Waals surface area contributed by atoms with E-state index in [-0.39, 0.29) is 11.9 Å². The van der Waals surface area contributed by atoms with Crippen LogP contribution in [-0.2, 0) is 24.3 Å². The zero-order valence-corrected chi connectivity index (χ0v) is 16.0. The summed E-state index contributed by atoms with van der Waals surface area (Å²) in [6.45, 7) is 6.28. The lowest BCUT2D eigenvalue weighted by molar-refractivity contribution is -0.119. The predicted octanol–water partition coefficient (Wildman–Crippen LogP) is 4.75. The zero-order chi connectivity index (χ0) is 18.0. The maximum Gasteiger partial charge on any atom is 0.217 e. The second kappa shape index (κ2) is 7.77. The van der Waals surface area contributed by atoms with E-state index in [0.29, 0.717) is 10.0 Å². The van der Waals surface area contributed by atoms with E-state index in [9.17, 15) is 4.79 Å². The third-order valence-electron chi connectivity index (χ3n) is 4.67. The first-order valence-corrected chi connectivity index (χ1v) is 9.23. The molecule has 3 rings (SSSR count). The third-order valence-corrected chi connectivity index (χ3v) is 5.51. The molecule has 1 N–H and O–H groups in total. The number of nitrogens with zero attached hydrogens (tertiary/aromatic N) is 1. The van der Waals surface area contributed by atoms with Crippen LogP contribution in [0.5, 0.6) is 0 Å². The number of nitrogens with one attached hydrogen (secondary N) is 1. The van der Waals surface area contributed by atoms with Crippen LogP contribution in [0.25, 0.3) is 0 Å². The minimum atomic E-state index is -0.0117. The highest BCUT2D eigenvalue weighted by Gasteiger charge is 2.20. The van der Waals surface area contributed by atoms with Crippen LogP contribution < -0.4 is 5.32 Å². The average Bonchev–Trinajstić information content (AvgIpc) is 2.58. The molecule has 0 bridgehead atoms. The number of rotatable bonds is 4. The van der Waals surface area contributed by atoms with Gasteiger partial charge in [-0.15, -0.1) is 0 Å². The summed E-state index contributed by atoms with van der Waals surface area (Å²) in [5, 5.41) is 4.25. The van der Waals surface area contributed by atoms with Crippen molar-refractivity contribution in [2.24, 2.45) is 0 Å². The smallest absolute Gasteiger partial charge is 0.217 e. The molecule has 0 fully saturated rings. The summed E-state index contributed by atoms with van der Waals surface area (Å²) < 4.78 is 0. The minimum absolute atomic E-state index is 0.0117. The Labute approximate surface area is 158 Å². The molecule has 132 valence electrons. The number of hydrogen-bond acceptors (Lipinski definition) is 2. The Hall–Kier alpha value is -1.55. The largest absolute Gasteiger partial charge is 0.350 e. The fraction of sp³-hybridized carbons (Fsp3) is 0.350. The van der Waals surface area contributed by atoms with Crippen molar-refractivity contribution in [3.8, 4) is 0 Å². The molecule has 25 heavy (non-hydrogen) atoms. The molecule has 3 nitrogen and oxygen atoms in total. The SMILES string of the molecule is CC(=O)N[C@@H](C)c1ccc(CN2CCc3c(ccc(Cl)c3Cl)C2)cc1. The summed E-state index contributed by atoms with van der Waals surface area (Å²) in [6.07, 6.45) is 0.923. The number of carbonyl (C=O) groups is 1. The van der Waals surface area contributed by atoms with E-state index in [1.54, 1.807) is 6.92 Å². The maximum atomic E-state index is 11.2. The predicted molar refractivity (Wildman–Crippen MR) is 103 cm³/mol. The molecule has 0 saturated heterocycles. The molecular weight excluding hydrogens is 355 g/mol. The van der Waals surface area contributed by atoms with Crippen molar-refractivity contribution in [2.45, 2.75) is 39.4 Å². The van der Waals surface area contributed by atoms with E-state index < -0.39 is 0 Å². The molecule has 1 aliphatic heterocycles. The van der Waals surface area contributed by atoms with Gasteiger partial charge in [0, 0.05) is 26.6 Å². The Morgan fingerprint density at radius 2 is 1.92 bits per heavy atom. The van der Waals surface area contributed by atoms with Crippen molar-refractivity contribution < 1.29 is 4.79 Å². The van der Waals surface area contributed by atoms with Gasteiger partial charge in [-0.05, 0) is 41.7 Å². The fourth-order valence-electron chi connectivity index (χ4n) is 3.33. The van der Waals surface area contributed by atoms with Gasteiger partial charge >= 0.3 is 0 Å². The summed E-state index contributed by atoms with van der Waals surface area (Å²) in [5.74, 6) is -0.0117. The quantitative estimate of drug-likeness (QED) is 0.834. The Bertz CT molecular complexity index is 774. The molecular formula is C20H22Cl2N2O. The molecule has 2 aromatic carbocycles. The molecule has 5 heteroatoms. The number of fused-ring (bicyclic) bond motifs is 1. The van der Waals surface area contributed by atoms with Gasteiger partial charge in [0.1, 0.15) is 0 Å². The van der Waals surface area contributed by atoms with Gasteiger partial charge in [0.05, 0.1) is 16.1 Å². The van der Waals surface area contributed by atoms with Crippen molar-refractivity contribution in [2.75, 3.05) is 6.54 Å². The molecule has 0 unspecified atom stereocenters. The summed E-state index contributed by atoms with van der Waals surface area (Å²) in [5.41, 5.74) is 4.83. The van der Waals surface area contributed by atoms with Crippen molar-refractivity contribution >= 4 is 29.1 Å². The summed E-state index contributed by atoms with van der Waals surface area (Å²) in [4.78, 5) is 13.6. The molecule has 1 aliphatic rings. The monoisotopic (exact) mass is 376 g/mol. The minimum Gasteiger partial charge on any atom is -0.350 e. The number of hydrogen-bond donors (Lipinski definition) is 1. The first-order valence-electron chi connectivity index (χ1n) is 8.48. The van der Waals surface area contributed by atoms with E-state index in [0.717, 1.165) is 31.6 Å². The van der Waals surface area contributed by atoms with E-state index in [1.165, 1.54) is 16.7 Å². The Morgan fingerprint density at radius 1 is 1.20 bits per heavy atom. The third kappa shape index (κ3) is 4.35. The molecule has 0 aromatic heterocycles. The van der Waals surface area contributed by atoms with Crippen LogP contribution >= 0.6 is 23.2 Å². The molecule has 0 aliphatic carbocycles. The highest BCUT2D eigenvalue weighted by Crippen LogP contribution is 2.32. The van der Waals surface area contributed by atoms with Crippen molar-refractivity contribution in [1.82, 2.24) is 10.2 Å². The van der Waals surface area contributed by atoms with Crippen LogP contribution in [-0.4, -0.2) is 17.4 Å². The second-order valence-electron chi connectivity index (χ2n) is 6.62. The molecule has 1 amide bonds. The van der Waals surface area contributed by atoms with Crippen molar-refractivity contribution in [1.29, 1.82) is 0 Å². The lowest BCUT2D eigenvalue weighted by Crippen LogP contribution is -2.30. The summed E-state index contributed by atoms with van der Waals surface area (Å²) >= 11 is 12.4. The van der Waals surface area contributed by atoms with Crippen molar-refractivity contribution in [3.05, 3.63) is 68.7 Å². The van der Waals surface area contributed by atoms with E-state index in [2.05, 4.69) is 40.5 Å². The highest BCUT2D eigenvalue weighted by molar-refractivity contribution is 6.42. The normalized spacial score (nSPS) is 15.5. The molecule has 0 spiro atoms. The highest BCUT2D eigenvalue weighted by atomic mass is 35.5. The number of carbonyl (C=O) groups excluding carboxylic acids is 1. The van der Waals surface area contributed by atoms with Crippen LogP contribution in [0.3, 0.4) is 0 Å². The van der Waals surface area contributed by atoms with Gasteiger partial charge in [-0.25, -0.2) is 0 Å². The van der Waals surface area contributed by atoms with E-state index in [1.807, 2.05) is 13.0 Å². The van der Waals surface area contributed by atoms with Crippen LogP contribution in [0, 0.1) is 0 Å². The molecule has 1 atom stereocenters. The number of halogens is 2. The molecule has 2 aromatic rings. The zero-order valence-electron chi connectivity index (χ0n) is 14.5. The van der Waals surface area contributed by atoms with Gasteiger partial charge in [0.15, 0.2) is 0 Å². The molecule has 0 radical (unpaired) electrons. The topological polar surface area (TPSA) is 32.3 Å². The van der Waals surface area contributed by atoms with Gasteiger partial charge < -0.3 is 5.32 Å². The average molecular weight is 377 g/mol. The summed E-state index contributed by atoms with van der Waals surface area (Å²) in [7, 11) is 0. The fourth-order valence-corrected chi connectivity index (χ4v) is 3.79. The van der Waals surface area contributed by atoms with Gasteiger partial charge in [0.25, 0.3) is 0 Å². The van der Waals surface area contributed by atoms with Crippen LogP contribution in [0.2, 0.25) is 10.0 Å². The van der Waals surface area contributed by atoms with Crippen LogP contribution in [0.15, 0.2) is 36.4 Å². The van der Waals surface area contributed by atoms with Crippen LogP contribution in [0.4, 0.5) is 0 Å². The molecule has 1 heterocycles. The summed E-state index contributed by atoms with van der Waals surface area (Å²) in [6, 6.07) is 12.4. The first kappa shape index (κ1) is 18.2. The first-order chi connectivity index (χ1) is 11.9. The lowest BCUT2D eigenvalue weighted by Gasteiger charge is -2.29. The van der Waals surface area contributed by atoms with E-state index in [4.69, 9.17) is 23.2 Å². The van der Waals surface area contributed by atoms with Gasteiger partial charge in [-0.2, -0.15) is 0 Å². The maximum absolute atomic E-state index is 11.2. The van der Waals surface area contributed by atoms with Crippen molar-refractivity contribution in [3.63, 3.8) is 0 Å². The Kier molecular flexibility index (Phi) is 5.67. The number of benzene rings is 2.